The van der Waals surface area contributed by atoms with Gasteiger partial charge in [0.2, 0.25) is 5.91 Å². The number of aryl methyl sites for hydroxylation is 2. The molecule has 1 aliphatic carbocycles. The number of rotatable bonds is 3. The van der Waals surface area contributed by atoms with Crippen LogP contribution in [0.3, 0.4) is 0 Å². The molecule has 2 unspecified atom stereocenters. The number of pyridine rings is 1. The van der Waals surface area contributed by atoms with Gasteiger partial charge < -0.3 is 9.47 Å². The third-order valence-corrected chi connectivity index (χ3v) is 6.90. The van der Waals surface area contributed by atoms with Gasteiger partial charge in [0, 0.05) is 42.8 Å². The number of amides is 1. The highest BCUT2D eigenvalue weighted by Crippen LogP contribution is 2.46. The largest absolute Gasteiger partial charge is 0.417 e. The van der Waals surface area contributed by atoms with Crippen LogP contribution in [-0.2, 0) is 23.9 Å². The van der Waals surface area contributed by atoms with Crippen LogP contribution < -0.4 is 0 Å². The lowest BCUT2D eigenvalue weighted by molar-refractivity contribution is -0.143. The third-order valence-electron chi connectivity index (χ3n) is 6.90. The van der Waals surface area contributed by atoms with Crippen molar-refractivity contribution < 1.29 is 18.0 Å². The van der Waals surface area contributed by atoms with Gasteiger partial charge in [-0.05, 0) is 49.9 Å². The molecule has 0 N–H and O–H groups in total. The Labute approximate surface area is 180 Å². The minimum atomic E-state index is -4.44. The Morgan fingerprint density at radius 1 is 1.23 bits per heavy atom. The molecule has 4 rings (SSSR count). The molecule has 7 heteroatoms. The Morgan fingerprint density at radius 3 is 2.52 bits per heavy atom. The molecule has 0 bridgehead atoms. The van der Waals surface area contributed by atoms with Crippen molar-refractivity contribution >= 4 is 5.91 Å². The minimum absolute atomic E-state index is 0.00762. The van der Waals surface area contributed by atoms with Crippen LogP contribution in [0.15, 0.2) is 36.5 Å². The molecule has 4 nitrogen and oxygen atoms in total. The van der Waals surface area contributed by atoms with Crippen LogP contribution in [0.25, 0.3) is 0 Å². The lowest BCUT2D eigenvalue weighted by atomic mass is 9.74. The SMILES string of the molecule is Cc1ccc(C)n1C1C=CC(C(=O)N2CCc3ncc(C(F)(F)F)cc3C2)(C(C)C)C1. The van der Waals surface area contributed by atoms with Gasteiger partial charge in [-0.25, -0.2) is 0 Å². The second-order valence-electron chi connectivity index (χ2n) is 9.12. The van der Waals surface area contributed by atoms with E-state index in [1.807, 2.05) is 19.9 Å². The van der Waals surface area contributed by atoms with E-state index in [1.54, 1.807) is 4.90 Å². The summed E-state index contributed by atoms with van der Waals surface area (Å²) >= 11 is 0. The first kappa shape index (κ1) is 21.7. The first-order valence-electron chi connectivity index (χ1n) is 10.7. The van der Waals surface area contributed by atoms with Crippen LogP contribution in [0.5, 0.6) is 0 Å². The van der Waals surface area contributed by atoms with Crippen LogP contribution >= 0.6 is 0 Å². The molecule has 2 aromatic rings. The lowest BCUT2D eigenvalue weighted by Gasteiger charge is -2.39. The Morgan fingerprint density at radius 2 is 1.90 bits per heavy atom. The molecule has 0 spiro atoms. The fourth-order valence-corrected chi connectivity index (χ4v) is 5.03. The summed E-state index contributed by atoms with van der Waals surface area (Å²) in [7, 11) is 0. The highest BCUT2D eigenvalue weighted by Gasteiger charge is 2.47. The highest BCUT2D eigenvalue weighted by atomic mass is 19.4. The van der Waals surface area contributed by atoms with Crippen LogP contribution in [0.1, 0.15) is 54.5 Å². The van der Waals surface area contributed by atoms with Gasteiger partial charge in [-0.15, -0.1) is 0 Å². The predicted octanol–water partition coefficient (Wildman–Crippen LogP) is 5.25. The number of alkyl halides is 3. The van der Waals surface area contributed by atoms with Crippen molar-refractivity contribution in [3.63, 3.8) is 0 Å². The number of aromatic nitrogens is 2. The summed E-state index contributed by atoms with van der Waals surface area (Å²) in [5, 5.41) is 0. The van der Waals surface area contributed by atoms with Crippen molar-refractivity contribution in [1.29, 1.82) is 0 Å². The van der Waals surface area contributed by atoms with Crippen LogP contribution in [0.2, 0.25) is 0 Å². The van der Waals surface area contributed by atoms with Gasteiger partial charge in [0.05, 0.1) is 17.0 Å². The van der Waals surface area contributed by atoms with E-state index >= 15 is 0 Å². The lowest BCUT2D eigenvalue weighted by Crippen LogP contribution is -2.47. The normalized spacial score (nSPS) is 23.5. The van der Waals surface area contributed by atoms with E-state index in [0.717, 1.165) is 23.7 Å². The number of fused-ring (bicyclic) bond motifs is 1. The fourth-order valence-electron chi connectivity index (χ4n) is 5.03. The Bertz CT molecular complexity index is 1020. The number of carbonyl (C=O) groups excluding carboxylic acids is 1. The number of carbonyl (C=O) groups is 1. The average Bonchev–Trinajstić information content (AvgIpc) is 3.30. The molecule has 1 amide bonds. The summed E-state index contributed by atoms with van der Waals surface area (Å²) in [5.74, 6) is 0.0604. The van der Waals surface area contributed by atoms with Crippen LogP contribution in [0, 0.1) is 25.2 Å². The standard InChI is InChI=1S/C24H28F3N3O/c1-15(2)23(9-7-20(12-23)30-16(3)5-6-17(30)4)22(31)29-10-8-21-18(14-29)11-19(13-28-21)24(25,26)27/h5-7,9,11,13,15,20H,8,10,12,14H2,1-4H3. The maximum Gasteiger partial charge on any atom is 0.417 e. The van der Waals surface area contributed by atoms with Crippen LogP contribution in [-0.4, -0.2) is 26.9 Å². The average molecular weight is 432 g/mol. The molecule has 2 atom stereocenters. The summed E-state index contributed by atoms with van der Waals surface area (Å²) in [5.41, 5.74) is 2.01. The molecule has 31 heavy (non-hydrogen) atoms. The Hall–Kier alpha value is -2.57. The van der Waals surface area contributed by atoms with Crippen molar-refractivity contribution in [2.24, 2.45) is 11.3 Å². The van der Waals surface area contributed by atoms with Crippen molar-refractivity contribution in [2.75, 3.05) is 6.54 Å². The van der Waals surface area contributed by atoms with Gasteiger partial charge in [-0.2, -0.15) is 13.2 Å². The summed E-state index contributed by atoms with van der Waals surface area (Å²) in [6.45, 7) is 8.84. The number of hydrogen-bond acceptors (Lipinski definition) is 2. The molecule has 0 radical (unpaired) electrons. The Balaban J connectivity index is 1.60. The first-order chi connectivity index (χ1) is 14.5. The van der Waals surface area contributed by atoms with Gasteiger partial charge in [-0.3, -0.25) is 9.78 Å². The maximum absolute atomic E-state index is 13.8. The van der Waals surface area contributed by atoms with Gasteiger partial charge in [-0.1, -0.05) is 26.0 Å². The van der Waals surface area contributed by atoms with E-state index in [2.05, 4.69) is 41.6 Å². The topological polar surface area (TPSA) is 38.1 Å². The molecule has 166 valence electrons. The predicted molar refractivity (Wildman–Crippen MR) is 112 cm³/mol. The quantitative estimate of drug-likeness (QED) is 0.623. The van der Waals surface area contributed by atoms with Crippen molar-refractivity contribution in [1.82, 2.24) is 14.5 Å². The number of allylic oxidation sites excluding steroid dienone is 1. The van der Waals surface area contributed by atoms with Gasteiger partial charge in [0.25, 0.3) is 0 Å². The third kappa shape index (κ3) is 3.68. The number of halogens is 3. The molecule has 2 aromatic heterocycles. The zero-order valence-corrected chi connectivity index (χ0v) is 18.3. The molecule has 0 aromatic carbocycles. The molecule has 2 aliphatic rings. The van der Waals surface area contributed by atoms with E-state index in [1.165, 1.54) is 0 Å². The molecular weight excluding hydrogens is 403 g/mol. The number of nitrogens with zero attached hydrogens (tertiary/aromatic N) is 3. The minimum Gasteiger partial charge on any atom is -0.342 e. The molecule has 0 fully saturated rings. The van der Waals surface area contributed by atoms with E-state index in [-0.39, 0.29) is 24.4 Å². The van der Waals surface area contributed by atoms with Crippen LogP contribution in [0.4, 0.5) is 13.2 Å². The number of hydrogen-bond donors (Lipinski definition) is 0. The fraction of sp³-hybridized carbons (Fsp3) is 0.500. The van der Waals surface area contributed by atoms with Crippen molar-refractivity contribution in [2.45, 2.75) is 59.3 Å². The van der Waals surface area contributed by atoms with E-state index in [9.17, 15) is 18.0 Å². The summed E-state index contributed by atoms with van der Waals surface area (Å²) in [4.78, 5) is 19.5. The van der Waals surface area contributed by atoms with Gasteiger partial charge in [0.1, 0.15) is 0 Å². The van der Waals surface area contributed by atoms with Crippen molar-refractivity contribution in [3.8, 4) is 0 Å². The molecule has 1 aliphatic heterocycles. The van der Waals surface area contributed by atoms with Gasteiger partial charge in [0.15, 0.2) is 0 Å². The summed E-state index contributed by atoms with van der Waals surface area (Å²) in [6.07, 6.45) is 1.71. The van der Waals surface area contributed by atoms with E-state index < -0.39 is 17.2 Å². The van der Waals surface area contributed by atoms with Crippen molar-refractivity contribution in [3.05, 3.63) is 64.8 Å². The second-order valence-corrected chi connectivity index (χ2v) is 9.12. The maximum atomic E-state index is 13.8. The zero-order valence-electron chi connectivity index (χ0n) is 18.3. The molecule has 3 heterocycles. The molecule has 0 saturated carbocycles. The molecular formula is C24H28F3N3O. The monoisotopic (exact) mass is 431 g/mol. The molecule has 0 saturated heterocycles. The smallest absolute Gasteiger partial charge is 0.342 e. The Kier molecular flexibility index (Phi) is 5.26. The summed E-state index contributed by atoms with van der Waals surface area (Å²) in [6, 6.07) is 5.39. The van der Waals surface area contributed by atoms with E-state index in [0.29, 0.717) is 30.6 Å². The zero-order chi connectivity index (χ0) is 22.6. The second kappa shape index (κ2) is 7.53. The first-order valence-corrected chi connectivity index (χ1v) is 10.7. The highest BCUT2D eigenvalue weighted by molar-refractivity contribution is 5.86. The van der Waals surface area contributed by atoms with Gasteiger partial charge >= 0.3 is 6.18 Å². The summed E-state index contributed by atoms with van der Waals surface area (Å²) < 4.78 is 41.7. The van der Waals surface area contributed by atoms with E-state index in [4.69, 9.17) is 0 Å².